The third kappa shape index (κ3) is 5.92. The number of carbonyl (C=O) groups excluding carboxylic acids is 2. The molecule has 0 saturated carbocycles. The van der Waals surface area contributed by atoms with Gasteiger partial charge in [0.1, 0.15) is 12.4 Å². The Kier molecular flexibility index (Phi) is 8.03. The first-order valence-electron chi connectivity index (χ1n) is 10.4. The van der Waals surface area contributed by atoms with Crippen molar-refractivity contribution in [2.75, 3.05) is 18.2 Å². The third-order valence-electron chi connectivity index (χ3n) is 4.92. The zero-order chi connectivity index (χ0) is 25.8. The molecular formula is C23H22ClF3N4O4. The molecule has 0 aliphatic rings. The van der Waals surface area contributed by atoms with Gasteiger partial charge in [0, 0.05) is 24.7 Å². The fourth-order valence-corrected chi connectivity index (χ4v) is 3.45. The Bertz CT molecular complexity index is 1190. The fourth-order valence-electron chi connectivity index (χ4n) is 3.18. The van der Waals surface area contributed by atoms with E-state index in [4.69, 9.17) is 22.1 Å². The van der Waals surface area contributed by atoms with E-state index >= 15 is 0 Å². The molecule has 0 atom stereocenters. The number of nitrogens with zero attached hydrogens (tertiary/aromatic N) is 3. The van der Waals surface area contributed by atoms with E-state index in [2.05, 4.69) is 9.94 Å². The highest BCUT2D eigenvalue weighted by Gasteiger charge is 2.44. The normalized spacial score (nSPS) is 11.3. The van der Waals surface area contributed by atoms with Crippen LogP contribution in [0, 0.1) is 0 Å². The quantitative estimate of drug-likeness (QED) is 0.476. The number of hydroxylamine groups is 1. The summed E-state index contributed by atoms with van der Waals surface area (Å²) in [6.45, 7) is 2.24. The number of amides is 1. The van der Waals surface area contributed by atoms with Crippen LogP contribution in [0.15, 0.2) is 48.7 Å². The highest BCUT2D eigenvalue weighted by atomic mass is 35.5. The molecule has 2 N–H and O–H groups in total. The Balaban J connectivity index is 2.13. The molecular weight excluding hydrogens is 489 g/mol. The summed E-state index contributed by atoms with van der Waals surface area (Å²) in [4.78, 5) is 29.4. The van der Waals surface area contributed by atoms with Crippen LogP contribution in [0.25, 0.3) is 11.3 Å². The molecule has 35 heavy (non-hydrogen) atoms. The first-order valence-corrected chi connectivity index (χ1v) is 10.8. The molecule has 2 aromatic carbocycles. The van der Waals surface area contributed by atoms with E-state index in [0.717, 1.165) is 5.56 Å². The van der Waals surface area contributed by atoms with Crippen LogP contribution < -0.4 is 15.5 Å². The molecule has 3 aromatic rings. The summed E-state index contributed by atoms with van der Waals surface area (Å²) < 4.78 is 46.2. The Labute approximate surface area is 203 Å². The second-order valence-corrected chi connectivity index (χ2v) is 7.72. The number of hydrogen-bond acceptors (Lipinski definition) is 6. The van der Waals surface area contributed by atoms with Gasteiger partial charge in [0.2, 0.25) is 0 Å². The third-order valence-corrected chi connectivity index (χ3v) is 5.20. The molecule has 1 aromatic heterocycles. The molecule has 0 radical (unpaired) electrons. The van der Waals surface area contributed by atoms with Gasteiger partial charge < -0.3 is 15.3 Å². The molecule has 0 spiro atoms. The molecule has 1 amide bonds. The lowest BCUT2D eigenvalue weighted by Gasteiger charge is -2.23. The van der Waals surface area contributed by atoms with E-state index in [0.29, 0.717) is 17.7 Å². The molecule has 3 rings (SSSR count). The van der Waals surface area contributed by atoms with Gasteiger partial charge in [-0.2, -0.15) is 18.3 Å². The van der Waals surface area contributed by atoms with E-state index in [1.807, 2.05) is 6.92 Å². The lowest BCUT2D eigenvalue weighted by Crippen LogP contribution is -2.38. The van der Waals surface area contributed by atoms with Crippen molar-refractivity contribution in [3.63, 3.8) is 0 Å². The van der Waals surface area contributed by atoms with E-state index in [1.165, 1.54) is 41.2 Å². The summed E-state index contributed by atoms with van der Waals surface area (Å²) in [5.41, 5.74) is 6.94. The van der Waals surface area contributed by atoms with Gasteiger partial charge in [0.25, 0.3) is 5.91 Å². The van der Waals surface area contributed by atoms with Gasteiger partial charge in [-0.05, 0) is 42.3 Å². The first kappa shape index (κ1) is 26.0. The summed E-state index contributed by atoms with van der Waals surface area (Å²) in [5.74, 6) is -3.26. The van der Waals surface area contributed by atoms with Crippen LogP contribution in [0.4, 0.5) is 18.9 Å². The van der Waals surface area contributed by atoms with Crippen LogP contribution in [0.1, 0.15) is 22.8 Å². The van der Waals surface area contributed by atoms with Crippen LogP contribution in [0.3, 0.4) is 0 Å². The van der Waals surface area contributed by atoms with Crippen molar-refractivity contribution in [2.45, 2.75) is 19.5 Å². The fraction of sp³-hybridized carbons (Fsp3) is 0.261. The van der Waals surface area contributed by atoms with Gasteiger partial charge in [0.15, 0.2) is 0 Å². The molecule has 0 aliphatic heterocycles. The van der Waals surface area contributed by atoms with Crippen LogP contribution in [0.2, 0.25) is 5.02 Å². The molecule has 0 fully saturated rings. The first-order chi connectivity index (χ1) is 16.6. The van der Waals surface area contributed by atoms with Crippen molar-refractivity contribution in [1.82, 2.24) is 9.78 Å². The Morgan fingerprint density at radius 3 is 2.40 bits per heavy atom. The molecule has 0 unspecified atom stereocenters. The minimum atomic E-state index is -5.33. The van der Waals surface area contributed by atoms with Gasteiger partial charge in [-0.15, -0.1) is 5.06 Å². The maximum atomic E-state index is 13.2. The maximum Gasteiger partial charge on any atom is 0.493 e. The van der Waals surface area contributed by atoms with E-state index in [1.54, 1.807) is 19.2 Å². The van der Waals surface area contributed by atoms with Gasteiger partial charge in [0.05, 0.1) is 22.6 Å². The average Bonchev–Trinajstić information content (AvgIpc) is 3.17. The topological polar surface area (TPSA) is 99.7 Å². The molecule has 186 valence electrons. The van der Waals surface area contributed by atoms with E-state index < -0.39 is 18.1 Å². The summed E-state index contributed by atoms with van der Waals surface area (Å²) >= 11 is 6.27. The van der Waals surface area contributed by atoms with Crippen molar-refractivity contribution in [3.05, 3.63) is 64.8 Å². The molecule has 0 saturated heterocycles. The van der Waals surface area contributed by atoms with Crippen LogP contribution >= 0.6 is 11.6 Å². The highest BCUT2D eigenvalue weighted by Crippen LogP contribution is 2.38. The monoisotopic (exact) mass is 510 g/mol. The number of anilines is 1. The number of ether oxygens (including phenoxy) is 1. The zero-order valence-corrected chi connectivity index (χ0v) is 19.6. The lowest BCUT2D eigenvalue weighted by atomic mass is 10.1. The van der Waals surface area contributed by atoms with Crippen LogP contribution in [-0.4, -0.2) is 41.0 Å². The Morgan fingerprint density at radius 1 is 1.17 bits per heavy atom. The van der Waals surface area contributed by atoms with Crippen LogP contribution in [0.5, 0.6) is 5.75 Å². The number of halogens is 4. The van der Waals surface area contributed by atoms with Crippen molar-refractivity contribution >= 4 is 29.2 Å². The summed E-state index contributed by atoms with van der Waals surface area (Å²) in [6, 6.07) is 10.2. The van der Waals surface area contributed by atoms with Crippen molar-refractivity contribution < 1.29 is 32.3 Å². The number of aryl methyl sites for hydroxylation is 2. The predicted molar refractivity (Wildman–Crippen MR) is 123 cm³/mol. The molecule has 8 nitrogen and oxygen atoms in total. The Morgan fingerprint density at radius 2 is 1.86 bits per heavy atom. The Hall–Kier alpha value is -3.57. The summed E-state index contributed by atoms with van der Waals surface area (Å²) in [6.07, 6.45) is -3.26. The number of carbonyl (C=O) groups is 2. The number of aromatic nitrogens is 2. The summed E-state index contributed by atoms with van der Waals surface area (Å²) in [5, 5.41) is 4.57. The molecule has 12 heteroatoms. The van der Waals surface area contributed by atoms with Gasteiger partial charge in [-0.25, -0.2) is 4.79 Å². The predicted octanol–water partition coefficient (Wildman–Crippen LogP) is 4.31. The maximum absolute atomic E-state index is 13.2. The molecule has 0 aliphatic carbocycles. The number of nitrogens with two attached hydrogens (primary N) is 1. The molecule has 0 bridgehead atoms. The minimum absolute atomic E-state index is 0.0146. The second kappa shape index (κ2) is 10.8. The van der Waals surface area contributed by atoms with Gasteiger partial charge in [-0.3, -0.25) is 9.48 Å². The number of rotatable bonds is 7. The van der Waals surface area contributed by atoms with Gasteiger partial charge >= 0.3 is 12.1 Å². The van der Waals surface area contributed by atoms with Gasteiger partial charge in [-0.1, -0.05) is 30.7 Å². The average molecular weight is 511 g/mol. The van der Waals surface area contributed by atoms with Crippen molar-refractivity contribution in [1.29, 1.82) is 0 Å². The number of alkyl halides is 3. The minimum Gasteiger partial charge on any atom is -0.492 e. The highest BCUT2D eigenvalue weighted by molar-refractivity contribution is 6.33. The number of benzene rings is 2. The van der Waals surface area contributed by atoms with Crippen LogP contribution in [-0.2, 0) is 23.1 Å². The standard InChI is InChI=1S/C23H22ClF3N4O4/c1-3-14-4-6-15(7-5-14)21(32)31(35-22(33)23(25,26)27)16-8-9-19(34-11-10-28)17(12-16)20-18(24)13-29-30(20)2/h4-9,12-13H,3,10-11,28H2,1-2H3. The number of hydrogen-bond donors (Lipinski definition) is 1. The largest absolute Gasteiger partial charge is 0.493 e. The zero-order valence-electron chi connectivity index (χ0n) is 18.8. The van der Waals surface area contributed by atoms with Crippen molar-refractivity contribution in [3.8, 4) is 17.0 Å². The smallest absolute Gasteiger partial charge is 0.492 e. The molecule has 1 heterocycles. The van der Waals surface area contributed by atoms with E-state index in [-0.39, 0.29) is 40.2 Å². The van der Waals surface area contributed by atoms with E-state index in [9.17, 15) is 22.8 Å². The van der Waals surface area contributed by atoms with Crippen molar-refractivity contribution in [2.24, 2.45) is 12.8 Å². The SMILES string of the molecule is CCc1ccc(C(=O)N(OC(=O)C(F)(F)F)c2ccc(OCCN)c(-c3c(Cl)cnn3C)c2)cc1. The second-order valence-electron chi connectivity index (χ2n) is 7.31. The summed E-state index contributed by atoms with van der Waals surface area (Å²) in [7, 11) is 1.60. The lowest BCUT2D eigenvalue weighted by molar-refractivity contribution is -0.199.